The van der Waals surface area contributed by atoms with E-state index in [2.05, 4.69) is 78.1 Å². The smallest absolute Gasteiger partial charge is 0.319 e. The number of nitrogens with zero attached hydrogens (tertiary/aromatic N) is 5. The summed E-state index contributed by atoms with van der Waals surface area (Å²) in [6.45, 7) is 16.2. The lowest BCUT2D eigenvalue weighted by molar-refractivity contribution is 0.107. The normalized spacial score (nSPS) is 24.3. The standard InChI is InChI=1S/C42H51F3N6O2Si/c1-24(2)54(25(3)4,26(5)6)15-12-32-35(44)11-8-27-16-31(52)17-33(36(27)32)38-37(45)39-34(21-47-38)40(51-29-9-10-30(51)20-46-19-29)49-41(48-39)53-23-42-13-7-14-50(42)22-28(43)18-42/h8,11,16-17,21,24-26,28-30,46,52H,7,9-10,13-14,18-20,22-23H2,1-6H3/t28-,29-,30+,42+/m1/s1. The number of phenolic OH excluding ortho intramolecular Hbond substituents is 1. The zero-order valence-electron chi connectivity index (χ0n) is 32.1. The highest BCUT2D eigenvalue weighted by molar-refractivity contribution is 6.90. The molecule has 8 rings (SSSR count). The first kappa shape index (κ1) is 37.0. The van der Waals surface area contributed by atoms with Crippen molar-refractivity contribution < 1.29 is 23.0 Å². The molecule has 4 aliphatic heterocycles. The van der Waals surface area contributed by atoms with E-state index in [1.807, 2.05) is 0 Å². The fourth-order valence-electron chi connectivity index (χ4n) is 10.6. The maximum absolute atomic E-state index is 17.4. The van der Waals surface area contributed by atoms with Crippen LogP contribution in [0, 0.1) is 23.1 Å². The lowest BCUT2D eigenvalue weighted by Crippen LogP contribution is -2.52. The third kappa shape index (κ3) is 6.02. The van der Waals surface area contributed by atoms with Crippen molar-refractivity contribution in [1.82, 2.24) is 25.2 Å². The molecule has 0 aliphatic carbocycles. The molecule has 0 saturated carbocycles. The molecule has 4 aliphatic rings. The van der Waals surface area contributed by atoms with Crippen molar-refractivity contribution in [1.29, 1.82) is 0 Å². The van der Waals surface area contributed by atoms with Crippen molar-refractivity contribution in [3.63, 3.8) is 0 Å². The summed E-state index contributed by atoms with van der Waals surface area (Å²) in [5, 5.41) is 15.8. The summed E-state index contributed by atoms with van der Waals surface area (Å²) in [5.74, 6) is 2.51. The fourth-order valence-corrected chi connectivity index (χ4v) is 15.8. The molecule has 0 unspecified atom stereocenters. The highest BCUT2D eigenvalue weighted by atomic mass is 28.3. The molecule has 4 atom stereocenters. The van der Waals surface area contributed by atoms with Crippen molar-refractivity contribution in [2.24, 2.45) is 0 Å². The SMILES string of the molecule is CC(C)[Si](C#Cc1c(F)ccc2cc(O)cc(-c3ncc4c(N5[C@@H]6CC[C@H]5CNC6)nc(OC[C@@]56CCCN5C[C@H](F)C6)nc4c3F)c12)(C(C)C)C(C)C. The van der Waals surface area contributed by atoms with Crippen LogP contribution in [0.25, 0.3) is 32.9 Å². The summed E-state index contributed by atoms with van der Waals surface area (Å²) in [5.41, 5.74) is 4.52. The molecule has 2 bridgehead atoms. The van der Waals surface area contributed by atoms with Gasteiger partial charge in [-0.05, 0) is 72.4 Å². The number of aromatic hydroxyl groups is 1. The van der Waals surface area contributed by atoms with E-state index in [0.717, 1.165) is 45.3 Å². The Morgan fingerprint density at radius 1 is 1.04 bits per heavy atom. The number of anilines is 1. The summed E-state index contributed by atoms with van der Waals surface area (Å²) in [7, 11) is -2.27. The maximum atomic E-state index is 17.4. The molecular formula is C42H51F3N6O2Si. The van der Waals surface area contributed by atoms with Gasteiger partial charge in [0.05, 0.1) is 16.5 Å². The summed E-state index contributed by atoms with van der Waals surface area (Å²) < 4.78 is 54.4. The number of fused-ring (bicyclic) bond motifs is 5. The van der Waals surface area contributed by atoms with Gasteiger partial charge in [-0.2, -0.15) is 9.97 Å². The first-order valence-corrected chi connectivity index (χ1v) is 21.9. The number of nitrogens with one attached hydrogen (secondary N) is 1. The van der Waals surface area contributed by atoms with Gasteiger partial charge in [-0.25, -0.2) is 13.2 Å². The third-order valence-electron chi connectivity index (χ3n) is 13.1. The van der Waals surface area contributed by atoms with Crippen LogP contribution in [0.2, 0.25) is 16.6 Å². The molecular weight excluding hydrogens is 706 g/mol. The average Bonchev–Trinajstić information content (AvgIpc) is 3.73. The topological polar surface area (TPSA) is 86.6 Å². The van der Waals surface area contributed by atoms with E-state index in [-0.39, 0.29) is 52.8 Å². The molecule has 4 fully saturated rings. The second-order valence-corrected chi connectivity index (χ2v) is 22.6. The number of halogens is 3. The lowest BCUT2D eigenvalue weighted by atomic mass is 9.95. The van der Waals surface area contributed by atoms with E-state index >= 15 is 8.78 Å². The molecule has 0 radical (unpaired) electrons. The molecule has 0 amide bonds. The van der Waals surface area contributed by atoms with Crippen molar-refractivity contribution in [3.05, 3.63) is 47.7 Å². The molecule has 6 heterocycles. The van der Waals surface area contributed by atoms with Gasteiger partial charge >= 0.3 is 6.01 Å². The van der Waals surface area contributed by atoms with E-state index in [1.165, 1.54) is 12.1 Å². The van der Waals surface area contributed by atoms with Crippen molar-refractivity contribution in [3.8, 4) is 34.5 Å². The first-order chi connectivity index (χ1) is 25.8. The molecule has 54 heavy (non-hydrogen) atoms. The summed E-state index contributed by atoms with van der Waals surface area (Å²) in [6.07, 6.45) is 4.80. The first-order valence-electron chi connectivity index (χ1n) is 19.7. The number of ether oxygens (including phenoxy) is 1. The predicted octanol–water partition coefficient (Wildman–Crippen LogP) is 8.29. The number of hydrogen-bond donors (Lipinski definition) is 2. The Morgan fingerprint density at radius 3 is 2.46 bits per heavy atom. The molecule has 8 nitrogen and oxygen atoms in total. The van der Waals surface area contributed by atoms with Gasteiger partial charge in [0, 0.05) is 55.3 Å². The monoisotopic (exact) mass is 756 g/mol. The van der Waals surface area contributed by atoms with Crippen LogP contribution in [-0.4, -0.2) is 89.6 Å². The van der Waals surface area contributed by atoms with E-state index in [0.29, 0.717) is 51.6 Å². The number of benzene rings is 2. The number of phenols is 1. The van der Waals surface area contributed by atoms with Gasteiger partial charge in [0.1, 0.15) is 49.4 Å². The molecule has 2 aromatic heterocycles. The molecule has 4 saturated heterocycles. The lowest BCUT2D eigenvalue weighted by Gasteiger charge is -2.38. The molecule has 0 spiro atoms. The number of hydrogen-bond acceptors (Lipinski definition) is 8. The van der Waals surface area contributed by atoms with E-state index in [1.54, 1.807) is 18.3 Å². The average molecular weight is 757 g/mol. The Kier molecular flexibility index (Phi) is 9.59. The zero-order chi connectivity index (χ0) is 38.1. The maximum Gasteiger partial charge on any atom is 0.319 e. The van der Waals surface area contributed by atoms with Gasteiger partial charge in [0.2, 0.25) is 0 Å². The van der Waals surface area contributed by atoms with Gasteiger partial charge in [0.15, 0.2) is 5.82 Å². The molecule has 2 N–H and O–H groups in total. The highest BCUT2D eigenvalue weighted by Gasteiger charge is 2.49. The van der Waals surface area contributed by atoms with Gasteiger partial charge in [-0.15, -0.1) is 5.54 Å². The highest BCUT2D eigenvalue weighted by Crippen LogP contribution is 2.44. The number of rotatable bonds is 8. The van der Waals surface area contributed by atoms with Gasteiger partial charge < -0.3 is 20.1 Å². The third-order valence-corrected chi connectivity index (χ3v) is 19.4. The van der Waals surface area contributed by atoms with E-state index in [9.17, 15) is 9.50 Å². The van der Waals surface area contributed by atoms with E-state index < -0.39 is 31.4 Å². The molecule has 4 aromatic rings. The van der Waals surface area contributed by atoms with Gasteiger partial charge in [0.25, 0.3) is 0 Å². The van der Waals surface area contributed by atoms with E-state index in [4.69, 9.17) is 9.72 Å². The van der Waals surface area contributed by atoms with Crippen LogP contribution in [0.5, 0.6) is 11.8 Å². The Labute approximate surface area is 316 Å². The van der Waals surface area contributed by atoms with Crippen LogP contribution < -0.4 is 15.0 Å². The van der Waals surface area contributed by atoms with Crippen LogP contribution in [-0.2, 0) is 0 Å². The number of piperazine rings is 1. The largest absolute Gasteiger partial charge is 0.508 e. The number of alkyl halides is 1. The number of pyridine rings is 1. The summed E-state index contributed by atoms with van der Waals surface area (Å²) >= 11 is 0. The molecule has 2 aromatic carbocycles. The minimum atomic E-state index is -2.27. The summed E-state index contributed by atoms with van der Waals surface area (Å²) in [6, 6.07) is 6.28. The Morgan fingerprint density at radius 2 is 1.76 bits per heavy atom. The quantitative estimate of drug-likeness (QED) is 0.137. The van der Waals surface area contributed by atoms with Crippen LogP contribution in [0.3, 0.4) is 0 Å². The van der Waals surface area contributed by atoms with Crippen molar-refractivity contribution >= 4 is 35.6 Å². The van der Waals surface area contributed by atoms with Gasteiger partial charge in [-0.3, -0.25) is 9.88 Å². The van der Waals surface area contributed by atoms with Crippen LogP contribution in [0.1, 0.15) is 79.2 Å². The Hall–Kier alpha value is -3.92. The predicted molar refractivity (Wildman–Crippen MR) is 210 cm³/mol. The van der Waals surface area contributed by atoms with Crippen LogP contribution in [0.15, 0.2) is 30.5 Å². The van der Waals surface area contributed by atoms with Gasteiger partial charge in [-0.1, -0.05) is 53.5 Å². The summed E-state index contributed by atoms with van der Waals surface area (Å²) in [4.78, 5) is 18.7. The van der Waals surface area contributed by atoms with Crippen LogP contribution >= 0.6 is 0 Å². The van der Waals surface area contributed by atoms with Crippen LogP contribution in [0.4, 0.5) is 19.0 Å². The minimum Gasteiger partial charge on any atom is -0.508 e. The second kappa shape index (κ2) is 14.0. The second-order valence-electron chi connectivity index (χ2n) is 17.0. The van der Waals surface area contributed by atoms with Crippen molar-refractivity contribution in [2.75, 3.05) is 37.7 Å². The zero-order valence-corrected chi connectivity index (χ0v) is 33.1. The number of aromatic nitrogens is 3. The molecule has 286 valence electrons. The Bertz CT molecular complexity index is 2130. The fraction of sp³-hybridized carbons (Fsp3) is 0.548. The Balaban J connectivity index is 1.30. The van der Waals surface area contributed by atoms with Crippen molar-refractivity contribution in [2.45, 2.75) is 114 Å². The minimum absolute atomic E-state index is 0.0277. The molecule has 12 heteroatoms.